The van der Waals surface area contributed by atoms with Gasteiger partial charge in [0.05, 0.1) is 12.3 Å². The Labute approximate surface area is 340 Å². The Morgan fingerprint density at radius 1 is 0.839 bits per heavy atom. The summed E-state index contributed by atoms with van der Waals surface area (Å²) in [7, 11) is 1.88. The number of fused-ring (bicyclic) bond motifs is 1. The van der Waals surface area contributed by atoms with E-state index in [1.807, 2.05) is 47.2 Å². The highest BCUT2D eigenvalue weighted by Gasteiger charge is 2.31. The van der Waals surface area contributed by atoms with E-state index in [9.17, 15) is 9.59 Å². The SMILES string of the molecule is CC(C)C[C@H](CN[C@H](CCCCN)C(=O)N1CCC(N(C)C(=O)c2ccc3occc3c2)CC1)NC[C@@H](Cc1ccccc1)NC[C@H](N)Cc1ccccc1.Cl. The number of unbranched alkanes of at least 4 members (excludes halogenated alkanes) is 1. The predicted octanol–water partition coefficient (Wildman–Crippen LogP) is 5.78. The van der Waals surface area contributed by atoms with Crippen molar-refractivity contribution in [1.29, 1.82) is 0 Å². The molecule has 56 heavy (non-hydrogen) atoms. The number of carbonyl (C=O) groups is 2. The van der Waals surface area contributed by atoms with Crippen LogP contribution in [0.15, 0.2) is 95.6 Å². The topological polar surface area (TPSA) is 142 Å². The molecule has 1 saturated heterocycles. The summed E-state index contributed by atoms with van der Waals surface area (Å²) in [4.78, 5) is 31.4. The highest BCUT2D eigenvalue weighted by atomic mass is 35.5. The van der Waals surface area contributed by atoms with Gasteiger partial charge >= 0.3 is 0 Å². The smallest absolute Gasteiger partial charge is 0.253 e. The quantitative estimate of drug-likeness (QED) is 0.0632. The van der Waals surface area contributed by atoms with E-state index < -0.39 is 0 Å². The number of furan rings is 1. The molecule has 0 spiro atoms. The second kappa shape index (κ2) is 23.5. The first kappa shape index (κ1) is 44.9. The first-order chi connectivity index (χ1) is 26.7. The first-order valence-electron chi connectivity index (χ1n) is 20.5. The van der Waals surface area contributed by atoms with Crippen molar-refractivity contribution in [3.63, 3.8) is 0 Å². The molecule has 1 aliphatic heterocycles. The second-order valence-corrected chi connectivity index (χ2v) is 15.9. The fourth-order valence-electron chi connectivity index (χ4n) is 7.79. The summed E-state index contributed by atoms with van der Waals surface area (Å²) in [5, 5.41) is 12.3. The van der Waals surface area contributed by atoms with E-state index in [4.69, 9.17) is 15.9 Å². The first-order valence-corrected chi connectivity index (χ1v) is 20.5. The minimum atomic E-state index is -0.283. The van der Waals surface area contributed by atoms with E-state index in [1.54, 1.807) is 6.26 Å². The van der Waals surface area contributed by atoms with Gasteiger partial charge in [0.25, 0.3) is 5.91 Å². The molecule has 2 amide bonds. The molecule has 1 aromatic heterocycles. The molecule has 10 nitrogen and oxygen atoms in total. The highest BCUT2D eigenvalue weighted by molar-refractivity contribution is 5.97. The molecule has 2 heterocycles. The number of halogens is 1. The zero-order valence-electron chi connectivity index (χ0n) is 33.7. The molecule has 1 fully saturated rings. The van der Waals surface area contributed by atoms with Gasteiger partial charge in [-0.25, -0.2) is 0 Å². The van der Waals surface area contributed by atoms with Gasteiger partial charge in [0, 0.05) is 74.9 Å². The van der Waals surface area contributed by atoms with E-state index in [0.29, 0.717) is 37.7 Å². The molecule has 0 bridgehead atoms. The number of piperidine rings is 1. The lowest BCUT2D eigenvalue weighted by Crippen LogP contribution is -2.55. The van der Waals surface area contributed by atoms with Crippen LogP contribution in [-0.2, 0) is 17.6 Å². The van der Waals surface area contributed by atoms with Crippen LogP contribution in [0.25, 0.3) is 11.0 Å². The maximum atomic E-state index is 14.1. The van der Waals surface area contributed by atoms with E-state index >= 15 is 0 Å². The van der Waals surface area contributed by atoms with E-state index in [-0.39, 0.29) is 54.4 Å². The van der Waals surface area contributed by atoms with E-state index in [1.165, 1.54) is 11.1 Å². The van der Waals surface area contributed by atoms with Crippen molar-refractivity contribution in [1.82, 2.24) is 25.8 Å². The molecule has 5 rings (SSSR count). The number of nitrogens with two attached hydrogens (primary N) is 2. The second-order valence-electron chi connectivity index (χ2n) is 15.9. The Morgan fingerprint density at radius 2 is 1.48 bits per heavy atom. The zero-order chi connectivity index (χ0) is 39.0. The molecular formula is C45H66ClN7O3. The molecule has 7 N–H and O–H groups in total. The molecule has 0 saturated carbocycles. The number of carbonyl (C=O) groups excluding carboxylic acids is 2. The molecule has 0 aliphatic carbocycles. The lowest BCUT2D eigenvalue weighted by Gasteiger charge is -2.38. The normalized spacial score (nSPS) is 15.6. The van der Waals surface area contributed by atoms with Gasteiger partial charge in [0.15, 0.2) is 0 Å². The number of nitrogens with zero attached hydrogens (tertiary/aromatic N) is 2. The number of nitrogens with one attached hydrogen (secondary N) is 3. The molecule has 0 radical (unpaired) electrons. The Hall–Kier alpha value is -3.77. The average Bonchev–Trinajstić information content (AvgIpc) is 3.68. The summed E-state index contributed by atoms with van der Waals surface area (Å²) in [5.74, 6) is 0.633. The maximum absolute atomic E-state index is 14.1. The highest BCUT2D eigenvalue weighted by Crippen LogP contribution is 2.22. The van der Waals surface area contributed by atoms with Gasteiger partial charge in [0.1, 0.15) is 5.58 Å². The van der Waals surface area contributed by atoms with Crippen LogP contribution in [0.5, 0.6) is 0 Å². The van der Waals surface area contributed by atoms with Gasteiger partial charge < -0.3 is 41.6 Å². The fraction of sp³-hybridized carbons (Fsp3) is 0.511. The fourth-order valence-corrected chi connectivity index (χ4v) is 7.79. The van der Waals surface area contributed by atoms with Crippen LogP contribution in [0.3, 0.4) is 0 Å². The molecular weight excluding hydrogens is 722 g/mol. The number of benzene rings is 3. The number of amides is 2. The van der Waals surface area contributed by atoms with Gasteiger partial charge in [0.2, 0.25) is 5.91 Å². The third kappa shape index (κ3) is 14.0. The van der Waals surface area contributed by atoms with Gasteiger partial charge in [-0.15, -0.1) is 12.4 Å². The summed E-state index contributed by atoms with van der Waals surface area (Å²) in [6, 6.07) is 28.7. The number of hydrogen-bond acceptors (Lipinski definition) is 8. The molecule has 4 atom stereocenters. The number of hydrogen-bond donors (Lipinski definition) is 5. The third-order valence-corrected chi connectivity index (χ3v) is 10.9. The van der Waals surface area contributed by atoms with Gasteiger partial charge in [-0.05, 0) is 92.8 Å². The summed E-state index contributed by atoms with van der Waals surface area (Å²) < 4.78 is 5.45. The molecule has 4 aromatic rings. The summed E-state index contributed by atoms with van der Waals surface area (Å²) >= 11 is 0. The lowest BCUT2D eigenvalue weighted by molar-refractivity contribution is -0.135. The molecule has 0 unspecified atom stereocenters. The Morgan fingerprint density at radius 3 is 2.14 bits per heavy atom. The minimum absolute atomic E-state index is 0. The van der Waals surface area contributed by atoms with Gasteiger partial charge in [-0.1, -0.05) is 80.9 Å². The Bertz CT molecular complexity index is 1710. The van der Waals surface area contributed by atoms with Gasteiger partial charge in [-0.2, -0.15) is 0 Å². The number of likely N-dealkylation sites (tertiary alicyclic amines) is 1. The van der Waals surface area contributed by atoms with Crippen molar-refractivity contribution in [2.75, 3.05) is 46.3 Å². The van der Waals surface area contributed by atoms with E-state index in [0.717, 1.165) is 75.4 Å². The monoisotopic (exact) mass is 787 g/mol. The van der Waals surface area contributed by atoms with E-state index in [2.05, 4.69) is 84.4 Å². The zero-order valence-corrected chi connectivity index (χ0v) is 34.5. The molecule has 306 valence electrons. The van der Waals surface area contributed by atoms with Crippen LogP contribution in [0.2, 0.25) is 0 Å². The van der Waals surface area contributed by atoms with Crippen LogP contribution in [0.4, 0.5) is 0 Å². The van der Waals surface area contributed by atoms with Crippen molar-refractivity contribution in [3.05, 3.63) is 108 Å². The Kier molecular flexibility index (Phi) is 18.8. The summed E-state index contributed by atoms with van der Waals surface area (Å²) in [6.45, 7) is 8.58. The van der Waals surface area contributed by atoms with Gasteiger partial charge in [-0.3, -0.25) is 9.59 Å². The maximum Gasteiger partial charge on any atom is 0.253 e. The average molecular weight is 789 g/mol. The molecule has 1 aliphatic rings. The largest absolute Gasteiger partial charge is 0.464 e. The van der Waals surface area contributed by atoms with Crippen LogP contribution in [-0.4, -0.2) is 98.1 Å². The molecule has 3 aromatic carbocycles. The van der Waals surface area contributed by atoms with Crippen molar-refractivity contribution < 1.29 is 14.0 Å². The molecule has 11 heteroatoms. The summed E-state index contributed by atoms with van der Waals surface area (Å²) in [5.41, 5.74) is 16.4. The van der Waals surface area contributed by atoms with Crippen molar-refractivity contribution in [2.45, 2.75) is 95.4 Å². The van der Waals surface area contributed by atoms with Crippen molar-refractivity contribution >= 4 is 35.2 Å². The van der Waals surface area contributed by atoms with Crippen LogP contribution >= 0.6 is 12.4 Å². The van der Waals surface area contributed by atoms with Crippen LogP contribution < -0.4 is 27.4 Å². The number of rotatable bonds is 22. The van der Waals surface area contributed by atoms with Crippen molar-refractivity contribution in [2.24, 2.45) is 17.4 Å². The lowest BCUT2D eigenvalue weighted by atomic mass is 9.99. The predicted molar refractivity (Wildman–Crippen MR) is 231 cm³/mol. The Balaban J connectivity index is 0.00000696. The van der Waals surface area contributed by atoms with Crippen LogP contribution in [0, 0.1) is 5.92 Å². The minimum Gasteiger partial charge on any atom is -0.464 e. The standard InChI is InChI=1S/C45H65N7O3.ClH/c1-33(2)26-39(49-31-40(28-35-14-8-5-9-15-35)48-30-38(47)27-34-12-6-4-7-13-34)32-50-42(16-10-11-22-46)45(54)52-23-19-41(20-24-52)51(3)44(53)37-17-18-43-36(29-37)21-25-55-43;/h4-9,12-15,17-18,21,25,29,33,38-42,48-50H,10-11,16,19-20,22-24,26-28,30-32,46-47H2,1-3H3;1H/t38-,39-,40-,42-;/m1./s1. The summed E-state index contributed by atoms with van der Waals surface area (Å²) in [6.07, 6.45) is 8.37. The third-order valence-electron chi connectivity index (χ3n) is 10.9. The van der Waals surface area contributed by atoms with Crippen molar-refractivity contribution in [3.8, 4) is 0 Å². The van der Waals surface area contributed by atoms with Crippen LogP contribution in [0.1, 0.15) is 73.9 Å².